The second-order valence-electron chi connectivity index (χ2n) is 7.73. The molecule has 0 aliphatic rings. The fourth-order valence-corrected chi connectivity index (χ4v) is 5.36. The number of nitrogens with one attached hydrogen (secondary N) is 1. The van der Waals surface area contributed by atoms with Crippen LogP contribution >= 0.6 is 22.7 Å². The maximum atomic E-state index is 13.2. The molecule has 7 nitrogen and oxygen atoms in total. The van der Waals surface area contributed by atoms with Crippen LogP contribution in [0.1, 0.15) is 17.4 Å². The molecule has 0 aliphatic heterocycles. The van der Waals surface area contributed by atoms with Gasteiger partial charge in [-0.1, -0.05) is 12.1 Å². The fourth-order valence-electron chi connectivity index (χ4n) is 3.50. The predicted molar refractivity (Wildman–Crippen MR) is 132 cm³/mol. The van der Waals surface area contributed by atoms with Gasteiger partial charge in [0.2, 0.25) is 11.8 Å². The number of nitrogens with zero attached hydrogens (tertiary/aromatic N) is 3. The Bertz CT molecular complexity index is 1390. The molecule has 0 radical (unpaired) electrons. The lowest BCUT2D eigenvalue weighted by atomic mass is 10.2. The molecule has 0 unspecified atom stereocenters. The number of carbonyl (C=O) groups excluding carboxylic acids is 2. The summed E-state index contributed by atoms with van der Waals surface area (Å²) in [7, 11) is 0. The van der Waals surface area contributed by atoms with E-state index < -0.39 is 0 Å². The van der Waals surface area contributed by atoms with E-state index in [9.17, 15) is 18.8 Å². The number of carbonyl (C=O) groups is 2. The second-order valence-corrected chi connectivity index (χ2v) is 9.87. The average molecular weight is 499 g/mol. The minimum atomic E-state index is -0.355. The summed E-state index contributed by atoms with van der Waals surface area (Å²) in [4.78, 5) is 47.0. The lowest BCUT2D eigenvalue weighted by Crippen LogP contribution is -2.42. The molecule has 1 aromatic carbocycles. The van der Waals surface area contributed by atoms with Gasteiger partial charge in [-0.3, -0.25) is 19.0 Å². The van der Waals surface area contributed by atoms with E-state index in [0.717, 1.165) is 20.9 Å². The number of aromatic nitrogens is 2. The molecule has 4 aromatic rings. The number of likely N-dealkylation sites (N-methyl/N-ethyl adjacent to an activating group) is 1. The van der Waals surface area contributed by atoms with Crippen LogP contribution in [0.4, 0.5) is 4.39 Å². The highest BCUT2D eigenvalue weighted by atomic mass is 32.1. The minimum Gasteiger partial charge on any atom is -0.350 e. The molecular formula is C24H23FN4O3S2. The molecule has 0 bridgehead atoms. The van der Waals surface area contributed by atoms with Crippen molar-refractivity contribution in [2.24, 2.45) is 0 Å². The van der Waals surface area contributed by atoms with Crippen molar-refractivity contribution in [3.8, 4) is 10.4 Å². The molecule has 34 heavy (non-hydrogen) atoms. The second kappa shape index (κ2) is 10.3. The van der Waals surface area contributed by atoms with Gasteiger partial charge in [-0.15, -0.1) is 22.7 Å². The lowest BCUT2D eigenvalue weighted by Gasteiger charge is -2.21. The third-order valence-corrected chi connectivity index (χ3v) is 7.26. The molecule has 0 aliphatic carbocycles. The molecule has 3 heterocycles. The quantitative estimate of drug-likeness (QED) is 0.401. The van der Waals surface area contributed by atoms with Gasteiger partial charge in [0.1, 0.15) is 17.2 Å². The number of amides is 2. The largest absolute Gasteiger partial charge is 0.350 e. The highest BCUT2D eigenvalue weighted by Gasteiger charge is 2.19. The summed E-state index contributed by atoms with van der Waals surface area (Å²) in [6, 6.07) is 9.80. The van der Waals surface area contributed by atoms with Gasteiger partial charge in [-0.05, 0) is 43.7 Å². The molecule has 1 N–H and O–H groups in total. The first-order chi connectivity index (χ1) is 16.4. The van der Waals surface area contributed by atoms with Crippen LogP contribution in [-0.2, 0) is 22.7 Å². The van der Waals surface area contributed by atoms with E-state index in [2.05, 4.69) is 10.3 Å². The Morgan fingerprint density at radius 2 is 1.94 bits per heavy atom. The molecule has 0 spiro atoms. The molecule has 176 valence electrons. The predicted octanol–water partition coefficient (Wildman–Crippen LogP) is 3.80. The summed E-state index contributed by atoms with van der Waals surface area (Å²) in [5.41, 5.74) is 1.30. The Morgan fingerprint density at radius 3 is 2.62 bits per heavy atom. The maximum absolute atomic E-state index is 13.2. The summed E-state index contributed by atoms with van der Waals surface area (Å²) in [6.07, 6.45) is 1.38. The maximum Gasteiger partial charge on any atom is 0.263 e. The van der Waals surface area contributed by atoms with E-state index in [0.29, 0.717) is 16.8 Å². The number of hydrogen-bond donors (Lipinski definition) is 1. The van der Waals surface area contributed by atoms with Crippen LogP contribution in [0.2, 0.25) is 0 Å². The number of aryl methyl sites for hydroxylation is 1. The third-order valence-electron chi connectivity index (χ3n) is 5.34. The number of thiophene rings is 2. The van der Waals surface area contributed by atoms with Crippen molar-refractivity contribution >= 4 is 44.7 Å². The van der Waals surface area contributed by atoms with Crippen LogP contribution in [0, 0.1) is 12.7 Å². The van der Waals surface area contributed by atoms with Crippen LogP contribution in [0.25, 0.3) is 20.7 Å². The highest BCUT2D eigenvalue weighted by Crippen LogP contribution is 2.34. The van der Waals surface area contributed by atoms with Crippen LogP contribution in [-0.4, -0.2) is 39.4 Å². The summed E-state index contributed by atoms with van der Waals surface area (Å²) in [5.74, 6) is -1.04. The van der Waals surface area contributed by atoms with E-state index >= 15 is 0 Å². The molecule has 0 saturated carbocycles. The Kier molecular flexibility index (Phi) is 7.18. The van der Waals surface area contributed by atoms with Crippen molar-refractivity contribution < 1.29 is 14.0 Å². The summed E-state index contributed by atoms with van der Waals surface area (Å²) in [5, 5.41) is 5.15. The van der Waals surface area contributed by atoms with Gasteiger partial charge in [0.25, 0.3) is 5.56 Å². The first-order valence-electron chi connectivity index (χ1n) is 10.7. The highest BCUT2D eigenvalue weighted by molar-refractivity contribution is 7.19. The monoisotopic (exact) mass is 498 g/mol. The molecule has 0 atom stereocenters. The number of halogens is 1. The molecular weight excluding hydrogens is 475 g/mol. The van der Waals surface area contributed by atoms with E-state index in [4.69, 9.17) is 0 Å². The minimum absolute atomic E-state index is 0.140. The SMILES string of the molecule is CCN(CC(=O)NCc1ccc(F)cc1)C(=O)Cn1cnc2scc(-c3ccc(C)s3)c2c1=O. The van der Waals surface area contributed by atoms with Crippen LogP contribution in [0.5, 0.6) is 0 Å². The lowest BCUT2D eigenvalue weighted by molar-refractivity contribution is -0.136. The molecule has 0 saturated heterocycles. The van der Waals surface area contributed by atoms with Gasteiger partial charge in [0.05, 0.1) is 18.3 Å². The van der Waals surface area contributed by atoms with Crippen LogP contribution in [0.3, 0.4) is 0 Å². The van der Waals surface area contributed by atoms with E-state index in [1.54, 1.807) is 30.4 Å². The van der Waals surface area contributed by atoms with Crippen molar-refractivity contribution in [2.45, 2.75) is 26.9 Å². The zero-order valence-electron chi connectivity index (χ0n) is 18.7. The molecule has 10 heteroatoms. The van der Waals surface area contributed by atoms with Crippen molar-refractivity contribution in [1.82, 2.24) is 19.8 Å². The normalized spacial score (nSPS) is 11.0. The number of benzene rings is 1. The molecule has 3 aromatic heterocycles. The van der Waals surface area contributed by atoms with Gasteiger partial charge >= 0.3 is 0 Å². The fraction of sp³-hybridized carbons (Fsp3) is 0.250. The average Bonchev–Trinajstić information content (AvgIpc) is 3.45. The van der Waals surface area contributed by atoms with Crippen molar-refractivity contribution in [3.63, 3.8) is 0 Å². The smallest absolute Gasteiger partial charge is 0.263 e. The standard InChI is InChI=1S/C24H23FN4O3S2/c1-3-28(11-20(30)26-10-16-5-7-17(25)8-6-16)21(31)12-29-14-27-23-22(24(29)32)18(13-33-23)19-9-4-15(2)34-19/h4-9,13-14H,3,10-12H2,1-2H3,(H,26,30). The Hall–Kier alpha value is -3.37. The zero-order valence-corrected chi connectivity index (χ0v) is 20.3. The Balaban J connectivity index is 1.45. The van der Waals surface area contributed by atoms with Gasteiger partial charge < -0.3 is 10.2 Å². The van der Waals surface area contributed by atoms with Gasteiger partial charge in [0, 0.05) is 33.8 Å². The Labute approximate surface area is 203 Å². The molecule has 2 amide bonds. The van der Waals surface area contributed by atoms with Crippen molar-refractivity contribution in [1.29, 1.82) is 0 Å². The van der Waals surface area contributed by atoms with E-state index in [1.807, 2.05) is 24.4 Å². The first kappa shape index (κ1) is 23.8. The van der Waals surface area contributed by atoms with Crippen LogP contribution in [0.15, 0.2) is 52.9 Å². The van der Waals surface area contributed by atoms with Gasteiger partial charge in [0.15, 0.2) is 0 Å². The number of fused-ring (bicyclic) bond motifs is 1. The summed E-state index contributed by atoms with van der Waals surface area (Å²) >= 11 is 3.00. The topological polar surface area (TPSA) is 84.3 Å². The van der Waals surface area contributed by atoms with E-state index in [1.165, 1.54) is 39.3 Å². The first-order valence-corrected chi connectivity index (χ1v) is 12.4. The van der Waals surface area contributed by atoms with Gasteiger partial charge in [-0.2, -0.15) is 0 Å². The molecule has 0 fully saturated rings. The Morgan fingerprint density at radius 1 is 1.18 bits per heavy atom. The van der Waals surface area contributed by atoms with Crippen molar-refractivity contribution in [2.75, 3.05) is 13.1 Å². The number of rotatable bonds is 8. The summed E-state index contributed by atoms with van der Waals surface area (Å²) in [6.45, 7) is 3.97. The summed E-state index contributed by atoms with van der Waals surface area (Å²) < 4.78 is 14.3. The van der Waals surface area contributed by atoms with E-state index in [-0.39, 0.29) is 42.8 Å². The third kappa shape index (κ3) is 5.23. The van der Waals surface area contributed by atoms with Crippen LogP contribution < -0.4 is 10.9 Å². The zero-order chi connectivity index (χ0) is 24.2. The molecule has 4 rings (SSSR count). The van der Waals surface area contributed by atoms with Gasteiger partial charge in [-0.25, -0.2) is 9.37 Å². The van der Waals surface area contributed by atoms with Crippen molar-refractivity contribution in [3.05, 3.63) is 74.7 Å². The number of hydrogen-bond acceptors (Lipinski definition) is 6.